The standard InChI is InChI=1S/C15H25N3O4S/c1-13-10-14(22-16-13)11-17-6-8-18(9-7-17)23(19,20)15(12-21-2)4-3-5-15/h10H,3-9,11-12H2,1-2H3. The van der Waals surface area contributed by atoms with E-state index in [1.807, 2.05) is 13.0 Å². The van der Waals surface area contributed by atoms with Crippen molar-refractivity contribution in [3.63, 3.8) is 0 Å². The molecule has 0 aromatic carbocycles. The maximum atomic E-state index is 12.9. The summed E-state index contributed by atoms with van der Waals surface area (Å²) in [4.78, 5) is 2.20. The molecule has 0 atom stereocenters. The van der Waals surface area contributed by atoms with E-state index in [0.29, 0.717) is 52.2 Å². The molecule has 3 rings (SSSR count). The minimum Gasteiger partial charge on any atom is -0.383 e. The summed E-state index contributed by atoms with van der Waals surface area (Å²) in [6.07, 6.45) is 2.38. The summed E-state index contributed by atoms with van der Waals surface area (Å²) in [7, 11) is -1.72. The van der Waals surface area contributed by atoms with Crippen molar-refractivity contribution in [2.45, 2.75) is 37.5 Å². The molecule has 2 aliphatic rings. The molecule has 2 heterocycles. The maximum Gasteiger partial charge on any atom is 0.222 e. The molecule has 0 unspecified atom stereocenters. The summed E-state index contributed by atoms with van der Waals surface area (Å²) in [5.74, 6) is 0.827. The Hall–Kier alpha value is -0.960. The second-order valence-electron chi connectivity index (χ2n) is 6.58. The topological polar surface area (TPSA) is 75.9 Å². The molecule has 0 N–H and O–H groups in total. The number of aryl methyl sites for hydroxylation is 1. The Balaban J connectivity index is 1.60. The Morgan fingerprint density at radius 2 is 2.00 bits per heavy atom. The smallest absolute Gasteiger partial charge is 0.222 e. The van der Waals surface area contributed by atoms with Crippen molar-refractivity contribution in [2.24, 2.45) is 0 Å². The lowest BCUT2D eigenvalue weighted by Gasteiger charge is -2.45. The molecule has 0 radical (unpaired) electrons. The van der Waals surface area contributed by atoms with Gasteiger partial charge in [-0.2, -0.15) is 4.31 Å². The van der Waals surface area contributed by atoms with Gasteiger partial charge in [0.2, 0.25) is 10.0 Å². The van der Waals surface area contributed by atoms with Gasteiger partial charge < -0.3 is 9.26 Å². The molecular formula is C15H25N3O4S. The van der Waals surface area contributed by atoms with Crippen LogP contribution in [-0.2, 0) is 21.3 Å². The molecule has 23 heavy (non-hydrogen) atoms. The Kier molecular flexibility index (Phi) is 4.78. The fourth-order valence-electron chi connectivity index (χ4n) is 3.42. The molecule has 130 valence electrons. The fraction of sp³-hybridized carbons (Fsp3) is 0.800. The highest BCUT2D eigenvalue weighted by molar-refractivity contribution is 7.90. The van der Waals surface area contributed by atoms with Gasteiger partial charge in [0, 0.05) is 39.4 Å². The number of piperazine rings is 1. The van der Waals surface area contributed by atoms with E-state index in [9.17, 15) is 8.42 Å². The van der Waals surface area contributed by atoms with E-state index in [-0.39, 0.29) is 0 Å². The minimum atomic E-state index is -3.30. The number of nitrogens with zero attached hydrogens (tertiary/aromatic N) is 3. The molecule has 1 aromatic rings. The molecule has 1 aliphatic carbocycles. The summed E-state index contributed by atoms with van der Waals surface area (Å²) in [6.45, 7) is 5.35. The van der Waals surface area contributed by atoms with Gasteiger partial charge >= 0.3 is 0 Å². The molecular weight excluding hydrogens is 318 g/mol. The molecule has 8 heteroatoms. The van der Waals surface area contributed by atoms with E-state index < -0.39 is 14.8 Å². The lowest BCUT2D eigenvalue weighted by Crippen LogP contribution is -2.59. The van der Waals surface area contributed by atoms with Crippen LogP contribution in [0.4, 0.5) is 0 Å². The van der Waals surface area contributed by atoms with Crippen molar-refractivity contribution in [3.05, 3.63) is 17.5 Å². The molecule has 0 spiro atoms. The van der Waals surface area contributed by atoms with Gasteiger partial charge in [0.1, 0.15) is 4.75 Å². The second kappa shape index (κ2) is 6.51. The summed E-state index contributed by atoms with van der Waals surface area (Å²) in [6, 6.07) is 1.92. The third kappa shape index (κ3) is 3.17. The Labute approximate surface area is 137 Å². The van der Waals surface area contributed by atoms with Crippen molar-refractivity contribution < 1.29 is 17.7 Å². The first-order valence-corrected chi connectivity index (χ1v) is 9.54. The lowest BCUT2D eigenvalue weighted by atomic mass is 9.85. The van der Waals surface area contributed by atoms with Crippen molar-refractivity contribution in [1.29, 1.82) is 0 Å². The average Bonchev–Trinajstić information content (AvgIpc) is 2.88. The largest absolute Gasteiger partial charge is 0.383 e. The molecule has 2 fully saturated rings. The molecule has 1 saturated heterocycles. The second-order valence-corrected chi connectivity index (χ2v) is 8.92. The predicted molar refractivity (Wildman–Crippen MR) is 85.5 cm³/mol. The van der Waals surface area contributed by atoms with E-state index in [4.69, 9.17) is 9.26 Å². The fourth-order valence-corrected chi connectivity index (χ4v) is 5.69. The Morgan fingerprint density at radius 3 is 2.48 bits per heavy atom. The van der Waals surface area contributed by atoms with Crippen LogP contribution in [0.5, 0.6) is 0 Å². The van der Waals surface area contributed by atoms with Crippen LogP contribution < -0.4 is 0 Å². The third-order valence-corrected chi connectivity index (χ3v) is 7.61. The first kappa shape index (κ1) is 16.9. The summed E-state index contributed by atoms with van der Waals surface area (Å²) >= 11 is 0. The number of sulfonamides is 1. The zero-order valence-electron chi connectivity index (χ0n) is 13.8. The quantitative estimate of drug-likeness (QED) is 0.767. The van der Waals surface area contributed by atoms with Crippen LogP contribution in [0.15, 0.2) is 10.6 Å². The number of methoxy groups -OCH3 is 1. The monoisotopic (exact) mass is 343 g/mol. The zero-order chi connectivity index (χ0) is 16.5. The number of rotatable bonds is 6. The normalized spacial score (nSPS) is 22.9. The van der Waals surface area contributed by atoms with Gasteiger partial charge in [-0.1, -0.05) is 11.6 Å². The Morgan fingerprint density at radius 1 is 1.30 bits per heavy atom. The number of hydrogen-bond donors (Lipinski definition) is 0. The average molecular weight is 343 g/mol. The van der Waals surface area contributed by atoms with Crippen LogP contribution in [0.3, 0.4) is 0 Å². The van der Waals surface area contributed by atoms with E-state index in [1.54, 1.807) is 11.4 Å². The van der Waals surface area contributed by atoms with Crippen molar-refractivity contribution in [3.8, 4) is 0 Å². The summed E-state index contributed by atoms with van der Waals surface area (Å²) in [5.41, 5.74) is 0.868. The minimum absolute atomic E-state index is 0.299. The van der Waals surface area contributed by atoms with Crippen LogP contribution in [0, 0.1) is 6.92 Å². The van der Waals surface area contributed by atoms with Gasteiger partial charge in [0.15, 0.2) is 5.76 Å². The number of hydrogen-bond acceptors (Lipinski definition) is 6. The first-order valence-electron chi connectivity index (χ1n) is 8.10. The van der Waals surface area contributed by atoms with Crippen molar-refractivity contribution in [1.82, 2.24) is 14.4 Å². The molecule has 1 saturated carbocycles. The predicted octanol–water partition coefficient (Wildman–Crippen LogP) is 1.000. The summed E-state index contributed by atoms with van der Waals surface area (Å²) < 4.78 is 37.3. The molecule has 7 nitrogen and oxygen atoms in total. The van der Waals surface area contributed by atoms with Crippen LogP contribution >= 0.6 is 0 Å². The summed E-state index contributed by atoms with van der Waals surface area (Å²) in [5, 5.41) is 3.89. The van der Waals surface area contributed by atoms with Crippen LogP contribution in [-0.4, -0.2) is 67.4 Å². The molecule has 0 bridgehead atoms. The third-order valence-electron chi connectivity index (χ3n) is 4.95. The van der Waals surface area contributed by atoms with E-state index in [0.717, 1.165) is 17.9 Å². The highest BCUT2D eigenvalue weighted by Crippen LogP contribution is 2.41. The van der Waals surface area contributed by atoms with Gasteiger partial charge in [-0.05, 0) is 19.8 Å². The Bertz CT molecular complexity index is 631. The van der Waals surface area contributed by atoms with E-state index in [2.05, 4.69) is 10.1 Å². The van der Waals surface area contributed by atoms with Crippen LogP contribution in [0.2, 0.25) is 0 Å². The number of ether oxygens (including phenoxy) is 1. The van der Waals surface area contributed by atoms with Crippen LogP contribution in [0.25, 0.3) is 0 Å². The highest BCUT2D eigenvalue weighted by atomic mass is 32.2. The van der Waals surface area contributed by atoms with Crippen molar-refractivity contribution >= 4 is 10.0 Å². The van der Waals surface area contributed by atoms with Gasteiger partial charge in [-0.15, -0.1) is 0 Å². The van der Waals surface area contributed by atoms with Gasteiger partial charge in [-0.25, -0.2) is 8.42 Å². The lowest BCUT2D eigenvalue weighted by molar-refractivity contribution is 0.115. The maximum absolute atomic E-state index is 12.9. The van der Waals surface area contributed by atoms with E-state index >= 15 is 0 Å². The van der Waals surface area contributed by atoms with Crippen LogP contribution in [0.1, 0.15) is 30.7 Å². The van der Waals surface area contributed by atoms with Crippen molar-refractivity contribution in [2.75, 3.05) is 39.9 Å². The van der Waals surface area contributed by atoms with Gasteiger partial charge in [0.05, 0.1) is 18.8 Å². The van der Waals surface area contributed by atoms with E-state index in [1.165, 1.54) is 0 Å². The SMILES string of the molecule is COCC1(S(=O)(=O)N2CCN(Cc3cc(C)no3)CC2)CCC1. The van der Waals surface area contributed by atoms with Gasteiger partial charge in [0.25, 0.3) is 0 Å². The first-order chi connectivity index (χ1) is 11.0. The number of aromatic nitrogens is 1. The highest BCUT2D eigenvalue weighted by Gasteiger charge is 2.52. The van der Waals surface area contributed by atoms with Gasteiger partial charge in [-0.3, -0.25) is 4.90 Å². The molecule has 1 aliphatic heterocycles. The molecule has 1 aromatic heterocycles. The zero-order valence-corrected chi connectivity index (χ0v) is 14.6. The molecule has 0 amide bonds.